The van der Waals surface area contributed by atoms with Crippen LogP contribution in [0.3, 0.4) is 0 Å². The fourth-order valence-corrected chi connectivity index (χ4v) is 2.23. The second-order valence-corrected chi connectivity index (χ2v) is 5.19. The molecule has 0 aliphatic carbocycles. The van der Waals surface area contributed by atoms with Crippen molar-refractivity contribution in [2.75, 3.05) is 7.11 Å². The summed E-state index contributed by atoms with van der Waals surface area (Å²) in [6, 6.07) is 1.50. The molecule has 1 rings (SSSR count). The average Bonchev–Trinajstić information content (AvgIpc) is 2.26. The zero-order valence-corrected chi connectivity index (χ0v) is 11.8. The number of methoxy groups -OCH3 is 1. The summed E-state index contributed by atoms with van der Waals surface area (Å²) in [5.74, 6) is -0.479. The fraction of sp³-hybridized carbons (Fsp3) is 0.571. The zero-order valence-electron chi connectivity index (χ0n) is 11.8. The van der Waals surface area contributed by atoms with E-state index in [0.29, 0.717) is 18.0 Å². The van der Waals surface area contributed by atoms with Crippen LogP contribution in [0.2, 0.25) is 0 Å². The number of aromatic hydroxyl groups is 1. The highest BCUT2D eigenvalue weighted by Gasteiger charge is 2.24. The Bertz CT molecular complexity index is 505. The molecule has 0 aliphatic heterocycles. The van der Waals surface area contributed by atoms with E-state index in [9.17, 15) is 14.7 Å². The van der Waals surface area contributed by atoms with Crippen molar-refractivity contribution in [3.63, 3.8) is 0 Å². The molecule has 0 aliphatic rings. The molecule has 0 spiro atoms. The van der Waals surface area contributed by atoms with Crippen molar-refractivity contribution in [2.45, 2.75) is 39.5 Å². The summed E-state index contributed by atoms with van der Waals surface area (Å²) in [5, 5.41) is 9.97. The molecule has 0 bridgehead atoms. The minimum atomic E-state index is -0.384. The van der Waals surface area contributed by atoms with E-state index in [2.05, 4.69) is 9.72 Å². The largest absolute Gasteiger partial charge is 0.507 e. The van der Waals surface area contributed by atoms with Gasteiger partial charge in [0.1, 0.15) is 5.75 Å². The van der Waals surface area contributed by atoms with Crippen molar-refractivity contribution in [1.29, 1.82) is 0 Å². The normalized spacial score (nSPS) is 12.5. The predicted molar refractivity (Wildman–Crippen MR) is 72.3 cm³/mol. The fourth-order valence-electron chi connectivity index (χ4n) is 2.23. The van der Waals surface area contributed by atoms with Gasteiger partial charge in [-0.15, -0.1) is 0 Å². The Morgan fingerprint density at radius 1 is 1.47 bits per heavy atom. The lowest BCUT2D eigenvalue weighted by Crippen LogP contribution is -2.21. The molecule has 19 heavy (non-hydrogen) atoms. The third-order valence-corrected chi connectivity index (χ3v) is 2.99. The Balaban J connectivity index is 3.17. The molecule has 0 fully saturated rings. The first-order valence-electron chi connectivity index (χ1n) is 6.34. The van der Waals surface area contributed by atoms with E-state index in [1.165, 1.54) is 13.2 Å². The number of pyridine rings is 1. The standard InChI is InChI=1S/C14H21NO4/c1-8(2)5-10(7-12(17)19-4)13-11(16)6-9(3)15-14(13)18/h6,8,10H,5,7H2,1-4H3,(H2,15,16,18)/t10-/m0/s1. The monoisotopic (exact) mass is 267 g/mol. The molecular formula is C14H21NO4. The number of carbonyl (C=O) groups excluding carboxylic acids is 1. The number of aromatic amines is 1. The Kier molecular flexibility index (Phi) is 5.15. The van der Waals surface area contributed by atoms with Gasteiger partial charge < -0.3 is 14.8 Å². The molecule has 2 N–H and O–H groups in total. The van der Waals surface area contributed by atoms with Gasteiger partial charge in [0.25, 0.3) is 5.56 Å². The highest BCUT2D eigenvalue weighted by atomic mass is 16.5. The van der Waals surface area contributed by atoms with E-state index in [0.717, 1.165) is 0 Å². The first-order valence-corrected chi connectivity index (χ1v) is 6.34. The molecule has 0 unspecified atom stereocenters. The number of carbonyl (C=O) groups is 1. The summed E-state index contributed by atoms with van der Waals surface area (Å²) in [4.78, 5) is 26.1. The average molecular weight is 267 g/mol. The predicted octanol–water partition coefficient (Wildman–Crippen LogP) is 2.08. The number of hydrogen-bond acceptors (Lipinski definition) is 4. The van der Waals surface area contributed by atoms with Crippen LogP contribution in [-0.2, 0) is 9.53 Å². The first-order chi connectivity index (χ1) is 8.85. The molecule has 5 heteroatoms. The van der Waals surface area contributed by atoms with Gasteiger partial charge in [0, 0.05) is 11.6 Å². The summed E-state index contributed by atoms with van der Waals surface area (Å²) in [6.45, 7) is 5.70. The number of hydrogen-bond donors (Lipinski definition) is 2. The molecule has 1 heterocycles. The lowest BCUT2D eigenvalue weighted by molar-refractivity contribution is -0.141. The highest BCUT2D eigenvalue weighted by molar-refractivity contribution is 5.70. The maximum Gasteiger partial charge on any atom is 0.306 e. The second-order valence-electron chi connectivity index (χ2n) is 5.19. The third kappa shape index (κ3) is 4.12. The van der Waals surface area contributed by atoms with E-state index in [1.807, 2.05) is 13.8 Å². The van der Waals surface area contributed by atoms with Crippen LogP contribution >= 0.6 is 0 Å². The Morgan fingerprint density at radius 2 is 2.11 bits per heavy atom. The van der Waals surface area contributed by atoms with Crippen LogP contribution in [-0.4, -0.2) is 23.2 Å². The summed E-state index contributed by atoms with van der Waals surface area (Å²) < 4.78 is 4.65. The lowest BCUT2D eigenvalue weighted by atomic mass is 9.88. The number of aromatic nitrogens is 1. The number of rotatable bonds is 5. The van der Waals surface area contributed by atoms with Gasteiger partial charge in [0.05, 0.1) is 19.1 Å². The highest BCUT2D eigenvalue weighted by Crippen LogP contribution is 2.31. The maximum atomic E-state index is 12.0. The van der Waals surface area contributed by atoms with Crippen LogP contribution in [0, 0.1) is 12.8 Å². The van der Waals surface area contributed by atoms with Gasteiger partial charge in [-0.05, 0) is 25.3 Å². The lowest BCUT2D eigenvalue weighted by Gasteiger charge is -2.18. The van der Waals surface area contributed by atoms with Gasteiger partial charge in [0.2, 0.25) is 0 Å². The van der Waals surface area contributed by atoms with Crippen LogP contribution < -0.4 is 5.56 Å². The summed E-state index contributed by atoms with van der Waals surface area (Å²) >= 11 is 0. The molecule has 106 valence electrons. The van der Waals surface area contributed by atoms with Gasteiger partial charge in [-0.2, -0.15) is 0 Å². The van der Waals surface area contributed by atoms with E-state index in [1.54, 1.807) is 6.92 Å². The molecule has 0 saturated carbocycles. The third-order valence-electron chi connectivity index (χ3n) is 2.99. The molecule has 0 radical (unpaired) electrons. The van der Waals surface area contributed by atoms with Crippen LogP contribution in [0.4, 0.5) is 0 Å². The number of esters is 1. The van der Waals surface area contributed by atoms with E-state index < -0.39 is 0 Å². The quantitative estimate of drug-likeness (QED) is 0.800. The molecule has 1 aromatic rings. The van der Waals surface area contributed by atoms with Crippen molar-refractivity contribution >= 4 is 5.97 Å². The number of nitrogens with one attached hydrogen (secondary N) is 1. The topological polar surface area (TPSA) is 79.4 Å². The smallest absolute Gasteiger partial charge is 0.306 e. The van der Waals surface area contributed by atoms with Gasteiger partial charge in [0.15, 0.2) is 0 Å². The Morgan fingerprint density at radius 3 is 2.58 bits per heavy atom. The maximum absolute atomic E-state index is 12.0. The van der Waals surface area contributed by atoms with Crippen molar-refractivity contribution in [1.82, 2.24) is 4.98 Å². The summed E-state index contributed by atoms with van der Waals surface area (Å²) in [6.07, 6.45) is 0.725. The van der Waals surface area contributed by atoms with E-state index >= 15 is 0 Å². The molecule has 0 aromatic carbocycles. The Hall–Kier alpha value is -1.78. The van der Waals surface area contributed by atoms with Crippen molar-refractivity contribution in [3.05, 3.63) is 27.7 Å². The van der Waals surface area contributed by atoms with Crippen molar-refractivity contribution in [3.8, 4) is 5.75 Å². The van der Waals surface area contributed by atoms with Gasteiger partial charge in [-0.25, -0.2) is 0 Å². The molecule has 1 atom stereocenters. The summed E-state index contributed by atoms with van der Waals surface area (Å²) in [7, 11) is 1.31. The van der Waals surface area contributed by atoms with Gasteiger partial charge >= 0.3 is 5.97 Å². The summed E-state index contributed by atoms with van der Waals surface area (Å²) in [5.41, 5.74) is 0.518. The van der Waals surface area contributed by atoms with Crippen molar-refractivity contribution in [2.24, 2.45) is 5.92 Å². The molecule has 0 amide bonds. The number of aryl methyl sites for hydroxylation is 1. The van der Waals surface area contributed by atoms with Crippen LogP contribution in [0.5, 0.6) is 5.75 Å². The molecular weight excluding hydrogens is 246 g/mol. The van der Waals surface area contributed by atoms with Gasteiger partial charge in [-0.3, -0.25) is 9.59 Å². The molecule has 5 nitrogen and oxygen atoms in total. The first kappa shape index (κ1) is 15.3. The van der Waals surface area contributed by atoms with Gasteiger partial charge in [-0.1, -0.05) is 13.8 Å². The van der Waals surface area contributed by atoms with Crippen LogP contribution in [0.1, 0.15) is 43.9 Å². The van der Waals surface area contributed by atoms with E-state index in [-0.39, 0.29) is 35.2 Å². The second kappa shape index (κ2) is 6.41. The number of H-pyrrole nitrogens is 1. The minimum absolute atomic E-state index is 0.0594. The SMILES string of the molecule is COC(=O)C[C@H](CC(C)C)c1c(O)cc(C)[nH]c1=O. The number of ether oxygens (including phenoxy) is 1. The van der Waals surface area contributed by atoms with Crippen molar-refractivity contribution < 1.29 is 14.6 Å². The zero-order chi connectivity index (χ0) is 14.6. The van der Waals surface area contributed by atoms with Crippen LogP contribution in [0.15, 0.2) is 10.9 Å². The molecule has 0 saturated heterocycles. The van der Waals surface area contributed by atoms with E-state index in [4.69, 9.17) is 0 Å². The van der Waals surface area contributed by atoms with Crippen LogP contribution in [0.25, 0.3) is 0 Å². The Labute approximate surface area is 112 Å². The minimum Gasteiger partial charge on any atom is -0.507 e. The molecule has 1 aromatic heterocycles.